The summed E-state index contributed by atoms with van der Waals surface area (Å²) in [4.78, 5) is 39.6. The van der Waals surface area contributed by atoms with Gasteiger partial charge in [0.15, 0.2) is 0 Å². The van der Waals surface area contributed by atoms with Gasteiger partial charge in [-0.2, -0.15) is 0 Å². The van der Waals surface area contributed by atoms with E-state index in [-0.39, 0.29) is 25.4 Å². The Morgan fingerprint density at radius 3 is 1.58 bits per heavy atom. The van der Waals surface area contributed by atoms with Crippen LogP contribution in [0.25, 0.3) is 0 Å². The summed E-state index contributed by atoms with van der Waals surface area (Å²) >= 11 is 0. The first kappa shape index (κ1) is 40.6. The maximum atomic E-state index is 13.8. The van der Waals surface area contributed by atoms with Crippen molar-refractivity contribution in [2.45, 2.75) is 130 Å². The van der Waals surface area contributed by atoms with Crippen LogP contribution in [-0.2, 0) is 25.7 Å². The molecule has 0 saturated heterocycles. The third kappa shape index (κ3) is 18.1. The first-order chi connectivity index (χ1) is 23.5. The largest absolute Gasteiger partial charge is 0.494 e. The average molecular weight is 668 g/mol. The van der Waals surface area contributed by atoms with Crippen LogP contribution in [0.5, 0.6) is 11.5 Å². The third-order valence-corrected chi connectivity index (χ3v) is 8.22. The number of hydrogen-bond donors (Lipinski definition) is 0. The summed E-state index contributed by atoms with van der Waals surface area (Å²) in [6.45, 7) is 5.95. The maximum absolute atomic E-state index is 13.8. The highest BCUT2D eigenvalue weighted by Gasteiger charge is 2.26. The lowest BCUT2D eigenvalue weighted by Gasteiger charge is -2.22. The molecule has 1 amide bonds. The Morgan fingerprint density at radius 1 is 0.583 bits per heavy atom. The van der Waals surface area contributed by atoms with Gasteiger partial charge in [-0.1, -0.05) is 134 Å². The minimum Gasteiger partial charge on any atom is -0.494 e. The molecule has 0 radical (unpaired) electrons. The molecule has 8 nitrogen and oxygen atoms in total. The van der Waals surface area contributed by atoms with E-state index in [1.165, 1.54) is 89.9 Å². The number of carbonyl (C=O) groups is 3. The highest BCUT2D eigenvalue weighted by Crippen LogP contribution is 2.27. The van der Waals surface area contributed by atoms with Crippen LogP contribution in [0.4, 0.5) is 0 Å². The van der Waals surface area contributed by atoms with E-state index < -0.39 is 30.9 Å². The van der Waals surface area contributed by atoms with Crippen LogP contribution in [0.2, 0.25) is 0 Å². The van der Waals surface area contributed by atoms with Crippen molar-refractivity contribution in [3.05, 3.63) is 59.7 Å². The van der Waals surface area contributed by atoms with Crippen molar-refractivity contribution >= 4 is 17.8 Å². The van der Waals surface area contributed by atoms with Crippen molar-refractivity contribution in [3.8, 4) is 11.5 Å². The lowest BCUT2D eigenvalue weighted by atomic mass is 10.0. The van der Waals surface area contributed by atoms with Crippen molar-refractivity contribution in [3.63, 3.8) is 0 Å². The number of amides is 1. The van der Waals surface area contributed by atoms with Crippen molar-refractivity contribution < 1.29 is 33.3 Å². The number of esters is 2. The Morgan fingerprint density at radius 2 is 1.08 bits per heavy atom. The monoisotopic (exact) mass is 667 g/mol. The molecule has 0 aliphatic rings. The van der Waals surface area contributed by atoms with Gasteiger partial charge < -0.3 is 23.8 Å². The van der Waals surface area contributed by atoms with E-state index in [4.69, 9.17) is 18.9 Å². The molecule has 268 valence electrons. The summed E-state index contributed by atoms with van der Waals surface area (Å²) in [6, 6.07) is 14.7. The number of benzene rings is 2. The molecule has 0 aliphatic carbocycles. The fraction of sp³-hybridized carbons (Fsp3) is 0.625. The summed E-state index contributed by atoms with van der Waals surface area (Å²) in [7, 11) is 0. The maximum Gasteiger partial charge on any atom is 0.325 e. The molecule has 0 spiro atoms. The Bertz CT molecular complexity index is 1130. The third-order valence-electron chi connectivity index (χ3n) is 8.22. The zero-order valence-electron chi connectivity index (χ0n) is 30.0. The van der Waals surface area contributed by atoms with Gasteiger partial charge in [-0.05, 0) is 44.0 Å². The van der Waals surface area contributed by atoms with Crippen LogP contribution in [0, 0.1) is 0 Å². The molecule has 2 rings (SSSR count). The molecule has 48 heavy (non-hydrogen) atoms. The van der Waals surface area contributed by atoms with Crippen molar-refractivity contribution in [2.24, 2.45) is 0 Å². The van der Waals surface area contributed by atoms with Gasteiger partial charge >= 0.3 is 11.9 Å². The minimum absolute atomic E-state index is 0.161. The summed E-state index contributed by atoms with van der Waals surface area (Å²) in [5.74, 6) is -0.919. The van der Waals surface area contributed by atoms with Gasteiger partial charge in [-0.15, -0.1) is 0 Å². The number of rotatable bonds is 28. The Kier molecular flexibility index (Phi) is 22.4. The van der Waals surface area contributed by atoms with E-state index in [1.807, 2.05) is 30.3 Å². The highest BCUT2D eigenvalue weighted by molar-refractivity contribution is 6.00. The molecule has 0 heterocycles. The molecule has 2 aromatic carbocycles. The molecule has 8 heteroatoms. The first-order valence-electron chi connectivity index (χ1n) is 18.5. The van der Waals surface area contributed by atoms with Gasteiger partial charge in [-0.25, -0.2) is 0 Å². The van der Waals surface area contributed by atoms with Gasteiger partial charge in [-0.3, -0.25) is 14.4 Å². The molecule has 0 saturated carbocycles. The number of nitrogens with zero attached hydrogens (tertiary/aromatic N) is 1. The van der Waals surface area contributed by atoms with Gasteiger partial charge in [0, 0.05) is 0 Å². The predicted octanol–water partition coefficient (Wildman–Crippen LogP) is 9.47. The zero-order chi connectivity index (χ0) is 34.7. The highest BCUT2D eigenvalue weighted by atomic mass is 16.5. The predicted molar refractivity (Wildman–Crippen MR) is 191 cm³/mol. The van der Waals surface area contributed by atoms with E-state index in [0.29, 0.717) is 18.1 Å². The number of unbranched alkanes of at least 4 members (excludes halogenated alkanes) is 15. The van der Waals surface area contributed by atoms with Gasteiger partial charge in [0.1, 0.15) is 31.2 Å². The summed E-state index contributed by atoms with van der Waals surface area (Å²) in [5, 5.41) is 0. The molecular formula is C40H61NO7. The molecular weight excluding hydrogens is 606 g/mol. The van der Waals surface area contributed by atoms with E-state index in [9.17, 15) is 14.4 Å². The second kappa shape index (κ2) is 26.4. The summed E-state index contributed by atoms with van der Waals surface area (Å²) < 4.78 is 22.2. The van der Waals surface area contributed by atoms with Crippen LogP contribution < -0.4 is 9.47 Å². The van der Waals surface area contributed by atoms with Crippen molar-refractivity contribution in [1.29, 1.82) is 0 Å². The molecule has 0 fully saturated rings. The Hall–Kier alpha value is -3.55. The van der Waals surface area contributed by atoms with Crippen LogP contribution in [0.15, 0.2) is 48.5 Å². The number of hydrogen-bond acceptors (Lipinski definition) is 7. The van der Waals surface area contributed by atoms with E-state index in [0.717, 1.165) is 23.3 Å². The Balaban J connectivity index is 1.86. The van der Waals surface area contributed by atoms with Crippen molar-refractivity contribution in [1.82, 2.24) is 4.90 Å². The van der Waals surface area contributed by atoms with Crippen LogP contribution >= 0.6 is 0 Å². The average Bonchev–Trinajstić information content (AvgIpc) is 3.09. The van der Waals surface area contributed by atoms with Crippen molar-refractivity contribution in [2.75, 3.05) is 32.9 Å². The normalized spacial score (nSPS) is 10.8. The second-order valence-corrected chi connectivity index (χ2v) is 12.4. The molecule has 0 bridgehead atoms. The molecule has 0 aromatic heterocycles. The SMILES string of the molecule is CCCCCCCCCCCCCCCCCCOc1ccc(OCc2ccccc2)c(C(=O)N(CC(=O)OCC)CC(=O)OCC)c1. The van der Waals surface area contributed by atoms with E-state index in [1.54, 1.807) is 32.0 Å². The fourth-order valence-electron chi connectivity index (χ4n) is 5.56. The smallest absolute Gasteiger partial charge is 0.325 e. The molecule has 0 atom stereocenters. The number of ether oxygens (including phenoxy) is 4. The van der Waals surface area contributed by atoms with Crippen LogP contribution in [0.3, 0.4) is 0 Å². The summed E-state index contributed by atoms with van der Waals surface area (Å²) in [6.07, 6.45) is 20.9. The van der Waals surface area contributed by atoms with Crippen LogP contribution in [0.1, 0.15) is 139 Å². The molecule has 2 aromatic rings. The molecule has 0 unspecified atom stereocenters. The number of carbonyl (C=O) groups excluding carboxylic acids is 3. The fourth-order valence-corrected chi connectivity index (χ4v) is 5.56. The lowest BCUT2D eigenvalue weighted by molar-refractivity contribution is -0.147. The van der Waals surface area contributed by atoms with E-state index >= 15 is 0 Å². The lowest BCUT2D eigenvalue weighted by Crippen LogP contribution is -2.40. The van der Waals surface area contributed by atoms with Crippen LogP contribution in [-0.4, -0.2) is 55.7 Å². The van der Waals surface area contributed by atoms with Gasteiger partial charge in [0.05, 0.1) is 25.4 Å². The summed E-state index contributed by atoms with van der Waals surface area (Å²) in [5.41, 5.74) is 1.14. The quantitative estimate of drug-likeness (QED) is 0.0659. The molecule has 0 aliphatic heterocycles. The second-order valence-electron chi connectivity index (χ2n) is 12.4. The zero-order valence-corrected chi connectivity index (χ0v) is 30.0. The first-order valence-corrected chi connectivity index (χ1v) is 18.5. The minimum atomic E-state index is -0.613. The van der Waals surface area contributed by atoms with Gasteiger partial charge in [0.25, 0.3) is 5.91 Å². The van der Waals surface area contributed by atoms with E-state index in [2.05, 4.69) is 6.92 Å². The Labute approximate surface area is 289 Å². The topological polar surface area (TPSA) is 91.4 Å². The standard InChI is InChI=1S/C40H61NO7/c1-4-7-8-9-10-11-12-13-14-15-16-17-18-19-20-24-29-47-35-27-28-37(48-33-34-25-22-21-23-26-34)36(30-35)40(44)41(31-38(42)45-5-2)32-39(43)46-6-3/h21-23,25-28,30H,4-20,24,29,31-33H2,1-3H3. The molecule has 0 N–H and O–H groups in total. The van der Waals surface area contributed by atoms with Gasteiger partial charge in [0.2, 0.25) is 0 Å².